The Kier molecular flexibility index (Phi) is 6.13. The molecule has 0 unspecified atom stereocenters. The van der Waals surface area contributed by atoms with Gasteiger partial charge in [-0.1, -0.05) is 12.1 Å². The summed E-state index contributed by atoms with van der Waals surface area (Å²) in [4.78, 5) is 16.3. The number of hydrogen-bond donors (Lipinski definition) is 1. The Labute approximate surface area is 145 Å². The number of ether oxygens (including phenoxy) is 1. The topological polar surface area (TPSA) is 34.0 Å². The SMILES string of the molecule is CCOc1ccccc1C[NH+]1CCC(C(=O)N2CCCCC2)CC1. The molecular formula is C20H31N2O2+. The Bertz CT molecular complexity index is 532. The van der Waals surface area contributed by atoms with Gasteiger partial charge in [-0.05, 0) is 38.3 Å². The summed E-state index contributed by atoms with van der Waals surface area (Å²) < 4.78 is 5.74. The average Bonchev–Trinajstić information content (AvgIpc) is 2.64. The Morgan fingerprint density at radius 3 is 2.58 bits per heavy atom. The molecular weight excluding hydrogens is 300 g/mol. The molecule has 132 valence electrons. The normalized spacial score (nSPS) is 24.6. The second-order valence-corrected chi connectivity index (χ2v) is 7.13. The van der Waals surface area contributed by atoms with E-state index in [-0.39, 0.29) is 5.92 Å². The van der Waals surface area contributed by atoms with Gasteiger partial charge in [-0.25, -0.2) is 0 Å². The molecule has 1 aromatic carbocycles. The third kappa shape index (κ3) is 4.29. The first-order chi connectivity index (χ1) is 11.8. The standard InChI is InChI=1S/C20H30N2O2/c1-2-24-19-9-5-4-8-18(19)16-21-14-10-17(11-15-21)20(23)22-12-6-3-7-13-22/h4-5,8-9,17H,2-3,6-7,10-16H2,1H3/p+1. The van der Waals surface area contributed by atoms with Crippen LogP contribution >= 0.6 is 0 Å². The van der Waals surface area contributed by atoms with Crippen LogP contribution in [0.3, 0.4) is 0 Å². The number of carbonyl (C=O) groups is 1. The number of hydrogen-bond acceptors (Lipinski definition) is 2. The lowest BCUT2D eigenvalue weighted by Gasteiger charge is -2.34. The number of quaternary nitrogens is 1. The molecule has 2 saturated heterocycles. The number of carbonyl (C=O) groups excluding carboxylic acids is 1. The molecule has 0 aromatic heterocycles. The van der Waals surface area contributed by atoms with Gasteiger partial charge >= 0.3 is 0 Å². The third-order valence-electron chi connectivity index (χ3n) is 5.42. The molecule has 0 bridgehead atoms. The van der Waals surface area contributed by atoms with Crippen LogP contribution in [0.2, 0.25) is 0 Å². The predicted molar refractivity (Wildman–Crippen MR) is 95.2 cm³/mol. The Hall–Kier alpha value is -1.55. The predicted octanol–water partition coefficient (Wildman–Crippen LogP) is 1.89. The number of benzene rings is 1. The van der Waals surface area contributed by atoms with E-state index in [0.29, 0.717) is 12.5 Å². The lowest BCUT2D eigenvalue weighted by molar-refractivity contribution is -0.919. The fraction of sp³-hybridized carbons (Fsp3) is 0.650. The highest BCUT2D eigenvalue weighted by Crippen LogP contribution is 2.19. The van der Waals surface area contributed by atoms with Gasteiger partial charge in [0.05, 0.1) is 19.7 Å². The quantitative estimate of drug-likeness (QED) is 0.894. The molecule has 0 radical (unpaired) electrons. The van der Waals surface area contributed by atoms with E-state index < -0.39 is 0 Å². The molecule has 4 heteroatoms. The maximum atomic E-state index is 12.7. The van der Waals surface area contributed by atoms with Gasteiger partial charge in [0.1, 0.15) is 12.3 Å². The van der Waals surface area contributed by atoms with Gasteiger partial charge in [-0.3, -0.25) is 4.79 Å². The minimum atomic E-state index is 0.258. The number of piperidine rings is 2. The van der Waals surface area contributed by atoms with Crippen molar-refractivity contribution in [1.82, 2.24) is 4.90 Å². The van der Waals surface area contributed by atoms with Gasteiger partial charge < -0.3 is 14.5 Å². The number of nitrogens with one attached hydrogen (secondary N) is 1. The van der Waals surface area contributed by atoms with Crippen LogP contribution in [-0.4, -0.2) is 43.6 Å². The van der Waals surface area contributed by atoms with Crippen molar-refractivity contribution in [2.45, 2.75) is 45.6 Å². The van der Waals surface area contributed by atoms with Gasteiger partial charge in [0.25, 0.3) is 0 Å². The molecule has 1 aromatic rings. The summed E-state index contributed by atoms with van der Waals surface area (Å²) in [5.41, 5.74) is 1.29. The molecule has 2 heterocycles. The lowest BCUT2D eigenvalue weighted by atomic mass is 9.94. The first-order valence-electron chi connectivity index (χ1n) is 9.61. The van der Waals surface area contributed by atoms with Crippen molar-refractivity contribution in [2.75, 3.05) is 32.8 Å². The minimum Gasteiger partial charge on any atom is -0.493 e. The summed E-state index contributed by atoms with van der Waals surface area (Å²) in [5.74, 6) is 1.69. The van der Waals surface area contributed by atoms with Crippen molar-refractivity contribution >= 4 is 5.91 Å². The summed E-state index contributed by atoms with van der Waals surface area (Å²) in [5, 5.41) is 0. The van der Waals surface area contributed by atoms with E-state index in [1.807, 2.05) is 13.0 Å². The third-order valence-corrected chi connectivity index (χ3v) is 5.42. The molecule has 4 nitrogen and oxygen atoms in total. The molecule has 3 rings (SSSR count). The molecule has 24 heavy (non-hydrogen) atoms. The molecule has 2 aliphatic rings. The van der Waals surface area contributed by atoms with Crippen LogP contribution in [-0.2, 0) is 11.3 Å². The van der Waals surface area contributed by atoms with E-state index >= 15 is 0 Å². The van der Waals surface area contributed by atoms with Crippen LogP contribution in [0.5, 0.6) is 5.75 Å². The maximum absolute atomic E-state index is 12.7. The van der Waals surface area contributed by atoms with Crippen LogP contribution in [0.4, 0.5) is 0 Å². The molecule has 0 aliphatic carbocycles. The van der Waals surface area contributed by atoms with Crippen LogP contribution < -0.4 is 9.64 Å². The van der Waals surface area contributed by atoms with Crippen molar-refractivity contribution in [1.29, 1.82) is 0 Å². The largest absolute Gasteiger partial charge is 0.493 e. The Balaban J connectivity index is 1.51. The highest BCUT2D eigenvalue weighted by atomic mass is 16.5. The summed E-state index contributed by atoms with van der Waals surface area (Å²) >= 11 is 0. The summed E-state index contributed by atoms with van der Waals surface area (Å²) in [7, 11) is 0. The maximum Gasteiger partial charge on any atom is 0.226 e. The average molecular weight is 331 g/mol. The highest BCUT2D eigenvalue weighted by Gasteiger charge is 2.31. The molecule has 0 saturated carbocycles. The monoisotopic (exact) mass is 331 g/mol. The molecule has 2 aliphatic heterocycles. The van der Waals surface area contributed by atoms with E-state index in [4.69, 9.17) is 4.74 Å². The van der Waals surface area contributed by atoms with E-state index in [0.717, 1.165) is 51.3 Å². The fourth-order valence-electron chi connectivity index (χ4n) is 4.04. The van der Waals surface area contributed by atoms with Gasteiger partial charge in [0, 0.05) is 37.4 Å². The van der Waals surface area contributed by atoms with Gasteiger partial charge in [0.15, 0.2) is 0 Å². The zero-order valence-electron chi connectivity index (χ0n) is 14.9. The zero-order chi connectivity index (χ0) is 16.8. The van der Waals surface area contributed by atoms with Crippen LogP contribution in [0.25, 0.3) is 0 Å². The number of amides is 1. The number of rotatable bonds is 5. The molecule has 0 atom stereocenters. The lowest BCUT2D eigenvalue weighted by Crippen LogP contribution is -3.11. The smallest absolute Gasteiger partial charge is 0.226 e. The zero-order valence-corrected chi connectivity index (χ0v) is 14.9. The van der Waals surface area contributed by atoms with Crippen molar-refractivity contribution in [3.05, 3.63) is 29.8 Å². The molecule has 1 N–H and O–H groups in total. The van der Waals surface area contributed by atoms with E-state index in [9.17, 15) is 4.79 Å². The van der Waals surface area contributed by atoms with E-state index in [2.05, 4.69) is 23.1 Å². The minimum absolute atomic E-state index is 0.258. The van der Waals surface area contributed by atoms with E-state index in [1.165, 1.54) is 24.8 Å². The molecule has 0 spiro atoms. The Morgan fingerprint density at radius 2 is 1.88 bits per heavy atom. The van der Waals surface area contributed by atoms with Crippen LogP contribution in [0.15, 0.2) is 24.3 Å². The van der Waals surface area contributed by atoms with E-state index in [1.54, 1.807) is 4.90 Å². The summed E-state index contributed by atoms with van der Waals surface area (Å²) in [6.07, 6.45) is 5.71. The number of nitrogens with zero attached hydrogens (tertiary/aromatic N) is 1. The van der Waals surface area contributed by atoms with Gasteiger partial charge in [-0.15, -0.1) is 0 Å². The summed E-state index contributed by atoms with van der Waals surface area (Å²) in [6, 6.07) is 8.35. The molecule has 1 amide bonds. The van der Waals surface area contributed by atoms with Gasteiger partial charge in [0.2, 0.25) is 5.91 Å². The van der Waals surface area contributed by atoms with Gasteiger partial charge in [-0.2, -0.15) is 0 Å². The molecule has 2 fully saturated rings. The summed E-state index contributed by atoms with van der Waals surface area (Å²) in [6.45, 7) is 7.87. The van der Waals surface area contributed by atoms with Crippen LogP contribution in [0, 0.1) is 5.92 Å². The first kappa shape index (κ1) is 17.3. The highest BCUT2D eigenvalue weighted by molar-refractivity contribution is 5.79. The Morgan fingerprint density at radius 1 is 1.17 bits per heavy atom. The first-order valence-corrected chi connectivity index (χ1v) is 9.61. The van der Waals surface area contributed by atoms with Crippen molar-refractivity contribution in [2.24, 2.45) is 5.92 Å². The number of para-hydroxylation sites is 1. The number of likely N-dealkylation sites (tertiary alicyclic amines) is 2. The van der Waals surface area contributed by atoms with Crippen molar-refractivity contribution in [3.8, 4) is 5.75 Å². The van der Waals surface area contributed by atoms with Crippen LogP contribution in [0.1, 0.15) is 44.6 Å². The second kappa shape index (κ2) is 8.52. The van der Waals surface area contributed by atoms with Crippen molar-refractivity contribution < 1.29 is 14.4 Å². The van der Waals surface area contributed by atoms with Crippen molar-refractivity contribution in [3.63, 3.8) is 0 Å². The fourth-order valence-corrected chi connectivity index (χ4v) is 4.04. The second-order valence-electron chi connectivity index (χ2n) is 7.13.